The number of aryl methyl sites for hydroxylation is 1. The topological polar surface area (TPSA) is 60.3 Å². The van der Waals surface area contributed by atoms with Crippen molar-refractivity contribution < 1.29 is 9.84 Å². The lowest BCUT2D eigenvalue weighted by Crippen LogP contribution is -2.43. The van der Waals surface area contributed by atoms with E-state index in [1.54, 1.807) is 0 Å². The fourth-order valence-electron chi connectivity index (χ4n) is 3.73. The van der Waals surface area contributed by atoms with Gasteiger partial charge in [-0.05, 0) is 25.8 Å². The highest BCUT2D eigenvalue weighted by Gasteiger charge is 2.25. The quantitative estimate of drug-likeness (QED) is 0.614. The smallest absolute Gasteiger partial charge is 0.194 e. The Morgan fingerprint density at radius 2 is 2.15 bits per heavy atom. The maximum atomic E-state index is 9.86. The summed E-state index contributed by atoms with van der Waals surface area (Å²) in [7, 11) is 0. The molecular formula is C20H32N4O2. The number of guanidine groups is 1. The number of likely N-dealkylation sites (tertiary alicyclic amines) is 1. The predicted octanol–water partition coefficient (Wildman–Crippen LogP) is 1.40. The average molecular weight is 361 g/mol. The number of nitrogens with zero attached hydrogens (tertiary/aromatic N) is 3. The van der Waals surface area contributed by atoms with Crippen LogP contribution in [0, 0.1) is 6.92 Å². The molecule has 0 bridgehead atoms. The highest BCUT2D eigenvalue weighted by atomic mass is 16.5. The summed E-state index contributed by atoms with van der Waals surface area (Å²) in [4.78, 5) is 9.59. The largest absolute Gasteiger partial charge is 0.391 e. The van der Waals surface area contributed by atoms with Crippen LogP contribution in [0.15, 0.2) is 29.3 Å². The van der Waals surface area contributed by atoms with Gasteiger partial charge in [-0.1, -0.05) is 29.8 Å². The van der Waals surface area contributed by atoms with Crippen LogP contribution < -0.4 is 5.32 Å². The van der Waals surface area contributed by atoms with Gasteiger partial charge in [0.25, 0.3) is 0 Å². The zero-order valence-corrected chi connectivity index (χ0v) is 16.0. The lowest BCUT2D eigenvalue weighted by molar-refractivity contribution is 0.0179. The van der Waals surface area contributed by atoms with Crippen molar-refractivity contribution in [3.8, 4) is 0 Å². The fourth-order valence-corrected chi connectivity index (χ4v) is 3.73. The molecule has 0 spiro atoms. The molecule has 0 aliphatic carbocycles. The normalized spacial score (nSPS) is 23.3. The number of rotatable bonds is 5. The molecule has 2 atom stereocenters. The number of hydrogen-bond acceptors (Lipinski definition) is 4. The number of hydrogen-bond donors (Lipinski definition) is 2. The molecule has 0 radical (unpaired) electrons. The maximum absolute atomic E-state index is 9.86. The van der Waals surface area contributed by atoms with Gasteiger partial charge in [0, 0.05) is 32.7 Å². The SMILES string of the molecule is CCNC(=NCC(c1cccc(C)c1)N1CCOCC1)N1CC[C@@H](O)C1. The van der Waals surface area contributed by atoms with Crippen LogP contribution in [0.1, 0.15) is 30.5 Å². The summed E-state index contributed by atoms with van der Waals surface area (Å²) in [6.45, 7) is 10.7. The van der Waals surface area contributed by atoms with E-state index in [1.807, 2.05) is 0 Å². The van der Waals surface area contributed by atoms with Crippen molar-refractivity contribution in [2.45, 2.75) is 32.4 Å². The van der Waals surface area contributed by atoms with Crippen LogP contribution >= 0.6 is 0 Å². The van der Waals surface area contributed by atoms with Gasteiger partial charge in [-0.3, -0.25) is 9.89 Å². The molecule has 2 heterocycles. The van der Waals surface area contributed by atoms with Crippen molar-refractivity contribution in [1.82, 2.24) is 15.1 Å². The lowest BCUT2D eigenvalue weighted by Gasteiger charge is -2.34. The molecule has 26 heavy (non-hydrogen) atoms. The third-order valence-electron chi connectivity index (χ3n) is 5.13. The summed E-state index contributed by atoms with van der Waals surface area (Å²) >= 11 is 0. The summed E-state index contributed by atoms with van der Waals surface area (Å²) in [6.07, 6.45) is 0.570. The monoisotopic (exact) mass is 360 g/mol. The Morgan fingerprint density at radius 1 is 1.35 bits per heavy atom. The Morgan fingerprint density at radius 3 is 2.81 bits per heavy atom. The van der Waals surface area contributed by atoms with E-state index in [4.69, 9.17) is 9.73 Å². The predicted molar refractivity (Wildman–Crippen MR) is 104 cm³/mol. The number of aliphatic hydroxyl groups is 1. The lowest BCUT2D eigenvalue weighted by atomic mass is 10.0. The van der Waals surface area contributed by atoms with Gasteiger partial charge in [-0.25, -0.2) is 0 Å². The molecule has 2 N–H and O–H groups in total. The van der Waals surface area contributed by atoms with E-state index in [9.17, 15) is 5.11 Å². The summed E-state index contributed by atoms with van der Waals surface area (Å²) in [5.74, 6) is 0.912. The van der Waals surface area contributed by atoms with Gasteiger partial charge in [0.2, 0.25) is 0 Å². The standard InChI is InChI=1S/C20H32N4O2/c1-3-21-20(24-8-7-18(25)15-24)22-14-19(23-9-11-26-12-10-23)17-6-4-5-16(2)13-17/h4-6,13,18-19,25H,3,7-12,14-15H2,1-2H3,(H,21,22)/t18-,19?/m1/s1. The first kappa shape index (κ1) is 19.1. The van der Waals surface area contributed by atoms with E-state index in [0.29, 0.717) is 13.1 Å². The number of ether oxygens (including phenoxy) is 1. The summed E-state index contributed by atoms with van der Waals surface area (Å²) in [5.41, 5.74) is 2.59. The number of β-amino-alcohol motifs (C(OH)–C–C–N with tert-alkyl or cyclic N) is 1. The summed E-state index contributed by atoms with van der Waals surface area (Å²) in [5, 5.41) is 13.2. The van der Waals surface area contributed by atoms with Crippen molar-refractivity contribution >= 4 is 5.96 Å². The molecule has 3 rings (SSSR count). The third kappa shape index (κ3) is 4.96. The van der Waals surface area contributed by atoms with Crippen molar-refractivity contribution in [1.29, 1.82) is 0 Å². The Bertz CT molecular complexity index is 601. The van der Waals surface area contributed by atoms with Crippen molar-refractivity contribution in [3.63, 3.8) is 0 Å². The summed E-state index contributed by atoms with van der Waals surface area (Å²) in [6, 6.07) is 8.99. The number of nitrogens with one attached hydrogen (secondary N) is 1. The van der Waals surface area contributed by atoms with E-state index in [2.05, 4.69) is 53.2 Å². The molecule has 2 saturated heterocycles. The third-order valence-corrected chi connectivity index (χ3v) is 5.13. The van der Waals surface area contributed by atoms with Crippen molar-refractivity contribution in [2.75, 3.05) is 52.5 Å². The molecule has 1 aromatic rings. The molecule has 2 aliphatic heterocycles. The molecule has 1 unspecified atom stereocenters. The minimum atomic E-state index is -0.245. The molecular weight excluding hydrogens is 328 g/mol. The maximum Gasteiger partial charge on any atom is 0.194 e. The zero-order chi connectivity index (χ0) is 18.4. The van der Waals surface area contributed by atoms with Gasteiger partial charge in [0.05, 0.1) is 31.9 Å². The van der Waals surface area contributed by atoms with Gasteiger partial charge in [0.15, 0.2) is 5.96 Å². The molecule has 144 valence electrons. The highest BCUT2D eigenvalue weighted by Crippen LogP contribution is 2.23. The Kier molecular flexibility index (Phi) is 6.88. The fraction of sp³-hybridized carbons (Fsp3) is 0.650. The van der Waals surface area contributed by atoms with Gasteiger partial charge < -0.3 is 20.1 Å². The molecule has 6 heteroatoms. The van der Waals surface area contributed by atoms with Gasteiger partial charge in [-0.15, -0.1) is 0 Å². The minimum absolute atomic E-state index is 0.245. The van der Waals surface area contributed by atoms with Crippen LogP contribution in [-0.2, 0) is 4.74 Å². The minimum Gasteiger partial charge on any atom is -0.391 e. The second-order valence-corrected chi connectivity index (χ2v) is 7.16. The Balaban J connectivity index is 1.79. The average Bonchev–Trinajstić information content (AvgIpc) is 3.08. The van der Waals surface area contributed by atoms with Gasteiger partial charge in [0.1, 0.15) is 0 Å². The first-order valence-corrected chi connectivity index (χ1v) is 9.77. The Hall–Kier alpha value is -1.63. The second kappa shape index (κ2) is 9.35. The Labute approximate surface area is 156 Å². The van der Waals surface area contributed by atoms with E-state index < -0.39 is 0 Å². The molecule has 0 saturated carbocycles. The number of morpholine rings is 1. The first-order chi connectivity index (χ1) is 12.7. The molecule has 1 aromatic carbocycles. The van der Waals surface area contributed by atoms with Crippen LogP contribution in [0.5, 0.6) is 0 Å². The van der Waals surface area contributed by atoms with E-state index in [-0.39, 0.29) is 12.1 Å². The molecule has 0 amide bonds. The van der Waals surface area contributed by atoms with Gasteiger partial charge >= 0.3 is 0 Å². The molecule has 6 nitrogen and oxygen atoms in total. The zero-order valence-electron chi connectivity index (χ0n) is 16.0. The van der Waals surface area contributed by atoms with E-state index in [1.165, 1.54) is 11.1 Å². The summed E-state index contributed by atoms with van der Waals surface area (Å²) < 4.78 is 5.54. The number of benzene rings is 1. The van der Waals surface area contributed by atoms with E-state index in [0.717, 1.165) is 51.8 Å². The number of aliphatic hydroxyl groups excluding tert-OH is 1. The molecule has 2 aliphatic rings. The highest BCUT2D eigenvalue weighted by molar-refractivity contribution is 5.80. The van der Waals surface area contributed by atoms with Crippen molar-refractivity contribution in [3.05, 3.63) is 35.4 Å². The van der Waals surface area contributed by atoms with Crippen LogP contribution in [0.4, 0.5) is 0 Å². The number of aliphatic imine (C=N–C) groups is 1. The van der Waals surface area contributed by atoms with Crippen molar-refractivity contribution in [2.24, 2.45) is 4.99 Å². The first-order valence-electron chi connectivity index (χ1n) is 9.77. The van der Waals surface area contributed by atoms with Gasteiger partial charge in [-0.2, -0.15) is 0 Å². The second-order valence-electron chi connectivity index (χ2n) is 7.16. The molecule has 0 aromatic heterocycles. The van der Waals surface area contributed by atoms with Crippen LogP contribution in [0.2, 0.25) is 0 Å². The van der Waals surface area contributed by atoms with E-state index >= 15 is 0 Å². The molecule has 2 fully saturated rings. The van der Waals surface area contributed by atoms with Crippen LogP contribution in [0.3, 0.4) is 0 Å². The van der Waals surface area contributed by atoms with Crippen LogP contribution in [-0.4, -0.2) is 79.5 Å². The van der Waals surface area contributed by atoms with Crippen LogP contribution in [0.25, 0.3) is 0 Å².